The summed E-state index contributed by atoms with van der Waals surface area (Å²) in [7, 11) is 0. The minimum absolute atomic E-state index is 0.0202. The molecule has 1 fully saturated rings. The highest BCUT2D eigenvalue weighted by atomic mass is 16.6. The smallest absolute Gasteiger partial charge is 0.275 e. The number of nitro benzene ring substituents is 1. The van der Waals surface area contributed by atoms with Crippen LogP contribution in [0.5, 0.6) is 5.75 Å². The van der Waals surface area contributed by atoms with E-state index in [2.05, 4.69) is 15.4 Å². The normalized spacial score (nSPS) is 13.6. The number of carbonyl (C=O) groups is 1. The highest BCUT2D eigenvalue weighted by Gasteiger charge is 2.17. The Bertz CT molecular complexity index is 1170. The van der Waals surface area contributed by atoms with E-state index in [9.17, 15) is 14.9 Å². The summed E-state index contributed by atoms with van der Waals surface area (Å²) in [5.74, 6) is 0.0215. The number of para-hydroxylation sites is 1. The average molecular weight is 459 g/mol. The van der Waals surface area contributed by atoms with Gasteiger partial charge in [-0.3, -0.25) is 14.9 Å². The molecule has 4 rings (SSSR count). The highest BCUT2D eigenvalue weighted by Crippen LogP contribution is 2.27. The molecule has 3 aromatic rings. The van der Waals surface area contributed by atoms with Gasteiger partial charge in [0, 0.05) is 36.5 Å². The fraction of sp³-hybridized carbons (Fsp3) is 0.231. The van der Waals surface area contributed by atoms with E-state index in [4.69, 9.17) is 4.74 Å². The van der Waals surface area contributed by atoms with Crippen LogP contribution in [0.4, 0.5) is 11.4 Å². The van der Waals surface area contributed by atoms with Gasteiger partial charge in [0.25, 0.3) is 11.6 Å². The molecule has 1 amide bonds. The molecule has 1 aliphatic rings. The third-order valence-corrected chi connectivity index (χ3v) is 5.66. The average Bonchev–Trinajstić information content (AvgIpc) is 2.88. The molecule has 8 nitrogen and oxygen atoms in total. The first-order valence-electron chi connectivity index (χ1n) is 11.2. The quantitative estimate of drug-likeness (QED) is 0.293. The number of hydrogen-bond donors (Lipinski definition) is 1. The molecule has 1 saturated heterocycles. The Morgan fingerprint density at radius 2 is 1.76 bits per heavy atom. The highest BCUT2D eigenvalue weighted by molar-refractivity contribution is 5.98. The van der Waals surface area contributed by atoms with Crippen molar-refractivity contribution in [2.45, 2.75) is 25.9 Å². The number of benzene rings is 3. The van der Waals surface area contributed by atoms with Crippen molar-refractivity contribution in [2.75, 3.05) is 18.0 Å². The summed E-state index contributed by atoms with van der Waals surface area (Å²) < 4.78 is 5.86. The van der Waals surface area contributed by atoms with Gasteiger partial charge >= 0.3 is 0 Å². The number of carbonyl (C=O) groups excluding carboxylic acids is 1. The zero-order valence-corrected chi connectivity index (χ0v) is 18.7. The van der Waals surface area contributed by atoms with E-state index in [1.807, 2.05) is 30.3 Å². The molecule has 0 bridgehead atoms. The monoisotopic (exact) mass is 458 g/mol. The number of non-ortho nitro benzene ring substituents is 1. The van der Waals surface area contributed by atoms with E-state index in [0.717, 1.165) is 37.2 Å². The lowest BCUT2D eigenvalue weighted by atomic mass is 10.1. The molecule has 0 saturated carbocycles. The van der Waals surface area contributed by atoms with Crippen LogP contribution in [0.25, 0.3) is 0 Å². The second-order valence-corrected chi connectivity index (χ2v) is 8.02. The molecule has 0 spiro atoms. The number of rotatable bonds is 8. The van der Waals surface area contributed by atoms with Crippen LogP contribution in [0, 0.1) is 10.1 Å². The van der Waals surface area contributed by atoms with Crippen LogP contribution >= 0.6 is 0 Å². The Morgan fingerprint density at radius 1 is 1.03 bits per heavy atom. The lowest BCUT2D eigenvalue weighted by Gasteiger charge is -2.29. The molecule has 34 heavy (non-hydrogen) atoms. The van der Waals surface area contributed by atoms with Gasteiger partial charge in [-0.25, -0.2) is 5.43 Å². The van der Waals surface area contributed by atoms with Crippen LogP contribution < -0.4 is 15.1 Å². The Balaban J connectivity index is 1.49. The van der Waals surface area contributed by atoms with Gasteiger partial charge in [0.05, 0.1) is 16.7 Å². The van der Waals surface area contributed by atoms with Crippen LogP contribution in [0.15, 0.2) is 77.9 Å². The summed E-state index contributed by atoms with van der Waals surface area (Å²) in [6.07, 6.45) is 4.78. The van der Waals surface area contributed by atoms with Crippen LogP contribution in [-0.4, -0.2) is 30.1 Å². The Morgan fingerprint density at radius 3 is 2.53 bits per heavy atom. The SMILES string of the molecule is O=C(N/N=C/c1cc([N+](=O)[O-])ccc1N1CCCCC1)c1ccccc1OCc1ccccc1. The third-order valence-electron chi connectivity index (χ3n) is 5.66. The summed E-state index contributed by atoms with van der Waals surface area (Å²) in [6.45, 7) is 2.11. The summed E-state index contributed by atoms with van der Waals surface area (Å²) in [5, 5.41) is 15.4. The third kappa shape index (κ3) is 5.78. The minimum Gasteiger partial charge on any atom is -0.488 e. The Hall–Kier alpha value is -4.20. The lowest BCUT2D eigenvalue weighted by Crippen LogP contribution is -2.30. The number of anilines is 1. The first kappa shape index (κ1) is 23.0. The van der Waals surface area contributed by atoms with Gasteiger partial charge in [-0.2, -0.15) is 5.10 Å². The molecule has 1 aliphatic heterocycles. The van der Waals surface area contributed by atoms with E-state index in [1.54, 1.807) is 30.3 Å². The lowest BCUT2D eigenvalue weighted by molar-refractivity contribution is -0.384. The molecule has 0 radical (unpaired) electrons. The molecule has 8 heteroatoms. The standard InChI is InChI=1S/C26H26N4O4/c31-26(23-11-5-6-12-25(23)34-19-20-9-3-1-4-10-20)28-27-18-21-17-22(30(32)33)13-14-24(21)29-15-7-2-8-16-29/h1,3-6,9-14,17-18H,2,7-8,15-16,19H2,(H,28,31)/b27-18+. The van der Waals surface area contributed by atoms with Crippen LogP contribution in [-0.2, 0) is 6.61 Å². The predicted molar refractivity (Wildman–Crippen MR) is 131 cm³/mol. The van der Waals surface area contributed by atoms with Crippen LogP contribution in [0.1, 0.15) is 40.7 Å². The van der Waals surface area contributed by atoms with Gasteiger partial charge in [-0.05, 0) is 43.0 Å². The van der Waals surface area contributed by atoms with Crippen molar-refractivity contribution in [3.05, 3.63) is 99.6 Å². The van der Waals surface area contributed by atoms with Crippen molar-refractivity contribution in [2.24, 2.45) is 5.10 Å². The maximum atomic E-state index is 12.8. The van der Waals surface area contributed by atoms with E-state index in [1.165, 1.54) is 24.8 Å². The van der Waals surface area contributed by atoms with Gasteiger partial charge in [0.1, 0.15) is 12.4 Å². The first-order valence-corrected chi connectivity index (χ1v) is 11.2. The number of hydrogen-bond acceptors (Lipinski definition) is 6. The summed E-state index contributed by atoms with van der Waals surface area (Å²) in [6, 6.07) is 21.4. The van der Waals surface area contributed by atoms with E-state index in [-0.39, 0.29) is 5.69 Å². The molecular formula is C26H26N4O4. The van der Waals surface area contributed by atoms with Crippen molar-refractivity contribution >= 4 is 23.5 Å². The number of amides is 1. The minimum atomic E-state index is -0.434. The predicted octanol–water partition coefficient (Wildman–Crippen LogP) is 4.93. The van der Waals surface area contributed by atoms with Crippen molar-refractivity contribution in [3.8, 4) is 5.75 Å². The Labute approximate surface area is 198 Å². The summed E-state index contributed by atoms with van der Waals surface area (Å²) in [5.41, 5.74) is 5.31. The van der Waals surface area contributed by atoms with Gasteiger partial charge in [0.15, 0.2) is 0 Å². The molecule has 1 N–H and O–H groups in total. The van der Waals surface area contributed by atoms with Crippen LogP contribution in [0.2, 0.25) is 0 Å². The van der Waals surface area contributed by atoms with Gasteiger partial charge in [-0.1, -0.05) is 42.5 Å². The van der Waals surface area contributed by atoms with Gasteiger partial charge in [-0.15, -0.1) is 0 Å². The zero-order chi connectivity index (χ0) is 23.8. The zero-order valence-electron chi connectivity index (χ0n) is 18.7. The number of nitrogens with zero attached hydrogens (tertiary/aromatic N) is 3. The molecule has 0 atom stereocenters. The molecule has 0 unspecified atom stereocenters. The van der Waals surface area contributed by atoms with Crippen molar-refractivity contribution in [1.82, 2.24) is 5.43 Å². The van der Waals surface area contributed by atoms with E-state index >= 15 is 0 Å². The number of ether oxygens (including phenoxy) is 1. The number of nitro groups is 1. The van der Waals surface area contributed by atoms with Gasteiger partial charge in [0.2, 0.25) is 0 Å². The number of nitrogens with one attached hydrogen (secondary N) is 1. The second kappa shape index (κ2) is 11.1. The molecule has 174 valence electrons. The first-order chi connectivity index (χ1) is 16.6. The van der Waals surface area contributed by atoms with Crippen molar-refractivity contribution in [1.29, 1.82) is 0 Å². The molecule has 1 heterocycles. The van der Waals surface area contributed by atoms with Crippen LogP contribution in [0.3, 0.4) is 0 Å². The maximum Gasteiger partial charge on any atom is 0.275 e. The van der Waals surface area contributed by atoms with Crippen molar-refractivity contribution < 1.29 is 14.5 Å². The summed E-state index contributed by atoms with van der Waals surface area (Å²) in [4.78, 5) is 25.8. The Kier molecular flexibility index (Phi) is 7.49. The van der Waals surface area contributed by atoms with E-state index in [0.29, 0.717) is 23.5 Å². The fourth-order valence-electron chi connectivity index (χ4n) is 3.92. The summed E-state index contributed by atoms with van der Waals surface area (Å²) >= 11 is 0. The largest absolute Gasteiger partial charge is 0.488 e. The molecule has 3 aromatic carbocycles. The number of hydrazone groups is 1. The topological polar surface area (TPSA) is 97.1 Å². The second-order valence-electron chi connectivity index (χ2n) is 8.02. The molecule has 0 aliphatic carbocycles. The molecular weight excluding hydrogens is 432 g/mol. The fourth-order valence-corrected chi connectivity index (χ4v) is 3.92. The maximum absolute atomic E-state index is 12.8. The van der Waals surface area contributed by atoms with E-state index < -0.39 is 10.8 Å². The number of piperidine rings is 1. The molecule has 0 aromatic heterocycles. The van der Waals surface area contributed by atoms with Gasteiger partial charge < -0.3 is 9.64 Å². The van der Waals surface area contributed by atoms with Crippen molar-refractivity contribution in [3.63, 3.8) is 0 Å².